The highest BCUT2D eigenvalue weighted by Crippen LogP contribution is 2.43. The van der Waals surface area contributed by atoms with Crippen LogP contribution in [0.3, 0.4) is 0 Å². The Kier molecular flexibility index (Phi) is 23.4. The lowest BCUT2D eigenvalue weighted by atomic mass is 10.0. The lowest BCUT2D eigenvalue weighted by Crippen LogP contribution is -2.30. The van der Waals surface area contributed by atoms with Gasteiger partial charge in [0.25, 0.3) is 0 Å². The normalized spacial score (nSPS) is 12.5. The van der Waals surface area contributed by atoms with E-state index >= 15 is 0 Å². The second-order valence-electron chi connectivity index (χ2n) is 14.5. The van der Waals surface area contributed by atoms with Gasteiger partial charge in [0.05, 0.1) is 13.2 Å². The molecule has 0 aromatic heterocycles. The van der Waals surface area contributed by atoms with Gasteiger partial charge >= 0.3 is 11.9 Å². The summed E-state index contributed by atoms with van der Waals surface area (Å²) in [5, 5.41) is 3.53. The number of ether oxygens (including phenoxy) is 6. The maximum absolute atomic E-state index is 12.8. The summed E-state index contributed by atoms with van der Waals surface area (Å²) < 4.78 is 37.1. The van der Waals surface area contributed by atoms with Gasteiger partial charge in [-0.05, 0) is 25.7 Å². The Morgan fingerprint density at radius 2 is 0.778 bits per heavy atom. The molecule has 0 N–H and O–H groups in total. The second-order valence-corrected chi connectivity index (χ2v) is 14.5. The summed E-state index contributed by atoms with van der Waals surface area (Å²) in [6, 6.07) is 16.0. The van der Waals surface area contributed by atoms with E-state index in [1.54, 1.807) is 0 Å². The van der Waals surface area contributed by atoms with E-state index in [0.717, 1.165) is 85.8 Å². The lowest BCUT2D eigenvalue weighted by Gasteiger charge is -2.23. The van der Waals surface area contributed by atoms with Gasteiger partial charge < -0.3 is 28.4 Å². The molecule has 3 rings (SSSR count). The average Bonchev–Trinajstić information content (AvgIpc) is 3.18. The molecular formula is C46H70O8. The van der Waals surface area contributed by atoms with E-state index in [0.29, 0.717) is 37.6 Å². The van der Waals surface area contributed by atoms with Crippen molar-refractivity contribution in [3.8, 4) is 11.5 Å². The molecule has 3 aromatic rings. The predicted molar refractivity (Wildman–Crippen MR) is 220 cm³/mol. The van der Waals surface area contributed by atoms with E-state index in [1.165, 1.54) is 38.5 Å². The Balaban J connectivity index is 1.80. The Hall–Kier alpha value is -3.36. The first-order valence-electron chi connectivity index (χ1n) is 21.3. The quantitative estimate of drug-likeness (QED) is 0.0354. The number of esters is 2. The topological polar surface area (TPSA) is 89.5 Å². The van der Waals surface area contributed by atoms with Crippen molar-refractivity contribution in [3.63, 3.8) is 0 Å². The molecule has 2 unspecified atom stereocenters. The zero-order chi connectivity index (χ0) is 38.6. The maximum atomic E-state index is 12.8. The number of hydrogen-bond donors (Lipinski definition) is 0. The molecule has 0 amide bonds. The molecular weight excluding hydrogens is 680 g/mol. The van der Waals surface area contributed by atoms with Crippen LogP contribution in [-0.2, 0) is 28.5 Å². The molecule has 0 heterocycles. The van der Waals surface area contributed by atoms with Crippen molar-refractivity contribution in [1.29, 1.82) is 0 Å². The Labute approximate surface area is 325 Å². The molecule has 0 radical (unpaired) electrons. The molecule has 0 saturated heterocycles. The minimum Gasteiger partial charge on any atom is -0.488 e. The van der Waals surface area contributed by atoms with Crippen molar-refractivity contribution in [2.24, 2.45) is 0 Å². The lowest BCUT2D eigenvalue weighted by molar-refractivity contribution is -0.155. The van der Waals surface area contributed by atoms with Gasteiger partial charge in [0.15, 0.2) is 12.2 Å². The highest BCUT2D eigenvalue weighted by Gasteiger charge is 2.22. The Bertz CT molecular complexity index is 1290. The van der Waals surface area contributed by atoms with E-state index in [-0.39, 0.29) is 38.4 Å². The van der Waals surface area contributed by atoms with Gasteiger partial charge in [-0.3, -0.25) is 9.59 Å². The molecule has 0 saturated carbocycles. The van der Waals surface area contributed by atoms with Crippen LogP contribution in [0.25, 0.3) is 21.5 Å². The number of benzene rings is 3. The number of fused-ring (bicyclic) bond motifs is 2. The van der Waals surface area contributed by atoms with Gasteiger partial charge in [-0.2, -0.15) is 0 Å². The van der Waals surface area contributed by atoms with Crippen molar-refractivity contribution < 1.29 is 38.0 Å². The summed E-state index contributed by atoms with van der Waals surface area (Å²) in [7, 11) is 0. The third-order valence-corrected chi connectivity index (χ3v) is 9.62. The van der Waals surface area contributed by atoms with Gasteiger partial charge in [0, 0.05) is 47.6 Å². The Morgan fingerprint density at radius 1 is 0.444 bits per heavy atom. The zero-order valence-corrected chi connectivity index (χ0v) is 34.0. The molecule has 2 atom stereocenters. The van der Waals surface area contributed by atoms with Crippen LogP contribution in [-0.4, -0.2) is 63.8 Å². The number of carbonyl (C=O) groups is 2. The monoisotopic (exact) mass is 751 g/mol. The van der Waals surface area contributed by atoms with Crippen LogP contribution < -0.4 is 9.47 Å². The number of rotatable bonds is 32. The van der Waals surface area contributed by atoms with Crippen LogP contribution in [0.4, 0.5) is 0 Å². The SMILES string of the molecule is CCCCCCCOCC(COc1c2ccccc2c(OCC(COCCCCCCC)OC(=O)CCCCC)c2ccccc12)OC(=O)CCCCC. The van der Waals surface area contributed by atoms with Crippen molar-refractivity contribution in [2.45, 2.75) is 155 Å². The van der Waals surface area contributed by atoms with Crippen LogP contribution in [0.15, 0.2) is 48.5 Å². The fraction of sp³-hybridized carbons (Fsp3) is 0.652. The van der Waals surface area contributed by atoms with E-state index in [2.05, 4.69) is 27.7 Å². The number of unbranched alkanes of at least 4 members (excludes halogenated alkanes) is 12. The summed E-state index contributed by atoms with van der Waals surface area (Å²) in [4.78, 5) is 25.6. The zero-order valence-electron chi connectivity index (χ0n) is 34.0. The first kappa shape index (κ1) is 45.0. The molecule has 0 aliphatic carbocycles. The van der Waals surface area contributed by atoms with Gasteiger partial charge in [0.2, 0.25) is 0 Å². The highest BCUT2D eigenvalue weighted by molar-refractivity contribution is 6.11. The minimum absolute atomic E-state index is 0.162. The molecule has 0 spiro atoms. The molecule has 8 heteroatoms. The molecule has 0 aliphatic heterocycles. The molecule has 3 aromatic carbocycles. The summed E-state index contributed by atoms with van der Waals surface area (Å²) >= 11 is 0. The highest BCUT2D eigenvalue weighted by atomic mass is 16.6. The van der Waals surface area contributed by atoms with Crippen LogP contribution in [0.2, 0.25) is 0 Å². The third kappa shape index (κ3) is 17.0. The first-order chi connectivity index (χ1) is 26.5. The van der Waals surface area contributed by atoms with Gasteiger partial charge in [-0.1, -0.05) is 153 Å². The van der Waals surface area contributed by atoms with Gasteiger partial charge in [0.1, 0.15) is 24.7 Å². The van der Waals surface area contributed by atoms with E-state index in [9.17, 15) is 9.59 Å². The van der Waals surface area contributed by atoms with Gasteiger partial charge in [-0.25, -0.2) is 0 Å². The first-order valence-corrected chi connectivity index (χ1v) is 21.3. The van der Waals surface area contributed by atoms with Crippen LogP contribution in [0.5, 0.6) is 11.5 Å². The Morgan fingerprint density at radius 3 is 1.13 bits per heavy atom. The van der Waals surface area contributed by atoms with Crippen molar-refractivity contribution in [2.75, 3.05) is 39.6 Å². The third-order valence-electron chi connectivity index (χ3n) is 9.62. The largest absolute Gasteiger partial charge is 0.488 e. The van der Waals surface area contributed by atoms with Crippen molar-refractivity contribution in [1.82, 2.24) is 0 Å². The number of carbonyl (C=O) groups excluding carboxylic acids is 2. The second kappa shape index (κ2) is 28.1. The van der Waals surface area contributed by atoms with Crippen LogP contribution in [0.1, 0.15) is 143 Å². The minimum atomic E-state index is -0.539. The summed E-state index contributed by atoms with van der Waals surface area (Å²) in [6.45, 7) is 10.8. The standard InChI is InChI=1S/C46H70O8/c1-5-9-13-15-23-31-49-33-37(53-43(47)29-17-11-7-3)35-51-45-39-25-19-21-27-41(39)46(42-28-22-20-26-40(42)45)52-36-38(54-44(48)30-18-12-8-4)34-50-32-24-16-14-10-6-2/h19-22,25-28,37-38H,5-18,23-24,29-36H2,1-4H3. The predicted octanol–water partition coefficient (Wildman–Crippen LogP) is 11.7. The van der Waals surface area contributed by atoms with E-state index in [1.807, 2.05) is 48.5 Å². The molecule has 54 heavy (non-hydrogen) atoms. The molecule has 0 bridgehead atoms. The smallest absolute Gasteiger partial charge is 0.306 e. The van der Waals surface area contributed by atoms with Crippen LogP contribution in [0, 0.1) is 0 Å². The van der Waals surface area contributed by atoms with Gasteiger partial charge in [-0.15, -0.1) is 0 Å². The van der Waals surface area contributed by atoms with E-state index in [4.69, 9.17) is 28.4 Å². The fourth-order valence-corrected chi connectivity index (χ4v) is 6.52. The van der Waals surface area contributed by atoms with E-state index < -0.39 is 12.2 Å². The fourth-order valence-electron chi connectivity index (χ4n) is 6.52. The summed E-state index contributed by atoms with van der Waals surface area (Å²) in [6.07, 6.45) is 16.9. The molecule has 0 fully saturated rings. The van der Waals surface area contributed by atoms with Crippen molar-refractivity contribution >= 4 is 33.5 Å². The van der Waals surface area contributed by atoms with Crippen molar-refractivity contribution in [3.05, 3.63) is 48.5 Å². The molecule has 302 valence electrons. The summed E-state index contributed by atoms with van der Waals surface area (Å²) in [5.41, 5.74) is 0. The average molecular weight is 751 g/mol. The maximum Gasteiger partial charge on any atom is 0.306 e. The number of hydrogen-bond acceptors (Lipinski definition) is 8. The van der Waals surface area contributed by atoms with Crippen LogP contribution >= 0.6 is 0 Å². The molecule has 8 nitrogen and oxygen atoms in total. The summed E-state index contributed by atoms with van der Waals surface area (Å²) in [5.74, 6) is 0.960. The molecule has 0 aliphatic rings.